The Morgan fingerprint density at radius 2 is 1.59 bits per heavy atom. The number of rotatable bonds is 8. The molecular formula is C13H24N4. The summed E-state index contributed by atoms with van der Waals surface area (Å²) < 4.78 is 0. The van der Waals surface area contributed by atoms with Crippen LogP contribution in [0, 0.1) is 0 Å². The van der Waals surface area contributed by atoms with Crippen molar-refractivity contribution in [3.63, 3.8) is 0 Å². The Morgan fingerprint density at radius 1 is 0.941 bits per heavy atom. The summed E-state index contributed by atoms with van der Waals surface area (Å²) in [6, 6.07) is 0. The quantitative estimate of drug-likeness (QED) is 0.681. The standard InChI is InChI=1S/C13H24N4/c1-4-7-9-15-13-11(6-3)12(14-8-5-2)16-10-17-13/h10H,4-9H2,1-3H3,(H2,14,15,16,17). The number of anilines is 2. The van der Waals surface area contributed by atoms with Gasteiger partial charge in [0.1, 0.15) is 18.0 Å². The highest BCUT2D eigenvalue weighted by atomic mass is 15.1. The second-order valence-corrected chi connectivity index (χ2v) is 4.11. The summed E-state index contributed by atoms with van der Waals surface area (Å²) in [4.78, 5) is 8.64. The van der Waals surface area contributed by atoms with Crippen molar-refractivity contribution >= 4 is 11.6 Å². The van der Waals surface area contributed by atoms with E-state index in [1.165, 1.54) is 18.4 Å². The van der Waals surface area contributed by atoms with Crippen LogP contribution in [0.5, 0.6) is 0 Å². The molecule has 2 N–H and O–H groups in total. The maximum Gasteiger partial charge on any atom is 0.134 e. The van der Waals surface area contributed by atoms with Crippen molar-refractivity contribution in [3.05, 3.63) is 11.9 Å². The van der Waals surface area contributed by atoms with E-state index in [0.717, 1.165) is 37.6 Å². The Morgan fingerprint density at radius 3 is 2.12 bits per heavy atom. The maximum absolute atomic E-state index is 4.33. The molecule has 0 spiro atoms. The van der Waals surface area contributed by atoms with Gasteiger partial charge in [0, 0.05) is 18.7 Å². The van der Waals surface area contributed by atoms with Crippen LogP contribution in [0.4, 0.5) is 11.6 Å². The minimum Gasteiger partial charge on any atom is -0.370 e. The third kappa shape index (κ3) is 4.21. The predicted octanol–water partition coefficient (Wildman–Crippen LogP) is 3.07. The summed E-state index contributed by atoms with van der Waals surface area (Å²) in [5.74, 6) is 1.96. The maximum atomic E-state index is 4.33. The Balaban J connectivity index is 2.74. The van der Waals surface area contributed by atoms with E-state index in [-0.39, 0.29) is 0 Å². The molecule has 4 nitrogen and oxygen atoms in total. The molecule has 0 aliphatic rings. The molecule has 0 amide bonds. The smallest absolute Gasteiger partial charge is 0.134 e. The first-order valence-corrected chi connectivity index (χ1v) is 6.65. The zero-order valence-electron chi connectivity index (χ0n) is 11.2. The van der Waals surface area contributed by atoms with E-state index in [1.807, 2.05) is 0 Å². The molecule has 0 aliphatic carbocycles. The molecule has 17 heavy (non-hydrogen) atoms. The summed E-state index contributed by atoms with van der Waals surface area (Å²) in [7, 11) is 0. The van der Waals surface area contributed by atoms with Gasteiger partial charge < -0.3 is 10.6 Å². The number of hydrogen-bond donors (Lipinski definition) is 2. The van der Waals surface area contributed by atoms with Crippen molar-refractivity contribution in [2.45, 2.75) is 46.5 Å². The van der Waals surface area contributed by atoms with E-state index in [0.29, 0.717) is 0 Å². The summed E-state index contributed by atoms with van der Waals surface area (Å²) in [5, 5.41) is 6.74. The van der Waals surface area contributed by atoms with Crippen LogP contribution in [0.2, 0.25) is 0 Å². The van der Waals surface area contributed by atoms with Crippen molar-refractivity contribution in [3.8, 4) is 0 Å². The third-order valence-corrected chi connectivity index (χ3v) is 2.66. The first-order chi connectivity index (χ1) is 8.33. The lowest BCUT2D eigenvalue weighted by molar-refractivity contribution is 0.827. The molecule has 96 valence electrons. The van der Waals surface area contributed by atoms with Crippen LogP contribution in [-0.4, -0.2) is 23.1 Å². The molecule has 0 radical (unpaired) electrons. The average Bonchev–Trinajstić information content (AvgIpc) is 2.36. The van der Waals surface area contributed by atoms with E-state index in [1.54, 1.807) is 6.33 Å². The molecule has 1 aromatic heterocycles. The van der Waals surface area contributed by atoms with Gasteiger partial charge in [-0.25, -0.2) is 9.97 Å². The first-order valence-electron chi connectivity index (χ1n) is 6.65. The molecule has 0 unspecified atom stereocenters. The number of nitrogens with one attached hydrogen (secondary N) is 2. The van der Waals surface area contributed by atoms with E-state index in [4.69, 9.17) is 0 Å². The number of aromatic nitrogens is 2. The molecule has 0 atom stereocenters. The summed E-state index contributed by atoms with van der Waals surface area (Å²) in [5.41, 5.74) is 1.19. The van der Waals surface area contributed by atoms with Gasteiger partial charge in [-0.1, -0.05) is 27.2 Å². The van der Waals surface area contributed by atoms with E-state index in [2.05, 4.69) is 41.4 Å². The van der Waals surface area contributed by atoms with Gasteiger partial charge in [-0.3, -0.25) is 0 Å². The normalized spacial score (nSPS) is 10.3. The van der Waals surface area contributed by atoms with Gasteiger partial charge >= 0.3 is 0 Å². The summed E-state index contributed by atoms with van der Waals surface area (Å²) >= 11 is 0. The van der Waals surface area contributed by atoms with E-state index >= 15 is 0 Å². The highest BCUT2D eigenvalue weighted by Gasteiger charge is 2.08. The topological polar surface area (TPSA) is 49.8 Å². The van der Waals surface area contributed by atoms with Crippen LogP contribution in [0.3, 0.4) is 0 Å². The molecule has 1 heterocycles. The summed E-state index contributed by atoms with van der Waals surface area (Å²) in [6.45, 7) is 8.42. The van der Waals surface area contributed by atoms with Crippen LogP contribution >= 0.6 is 0 Å². The van der Waals surface area contributed by atoms with Crippen molar-refractivity contribution in [2.24, 2.45) is 0 Å². The van der Waals surface area contributed by atoms with Crippen LogP contribution in [-0.2, 0) is 6.42 Å². The molecule has 1 rings (SSSR count). The minimum atomic E-state index is 0.946. The Hall–Kier alpha value is -1.32. The molecule has 0 saturated heterocycles. The van der Waals surface area contributed by atoms with Crippen LogP contribution < -0.4 is 10.6 Å². The molecule has 0 fully saturated rings. The number of unbranched alkanes of at least 4 members (excludes halogenated alkanes) is 1. The van der Waals surface area contributed by atoms with Gasteiger partial charge in [0.2, 0.25) is 0 Å². The van der Waals surface area contributed by atoms with Crippen molar-refractivity contribution in [1.29, 1.82) is 0 Å². The van der Waals surface area contributed by atoms with Crippen LogP contribution in [0.1, 0.15) is 45.6 Å². The van der Waals surface area contributed by atoms with Gasteiger partial charge in [-0.05, 0) is 19.3 Å². The fraction of sp³-hybridized carbons (Fsp3) is 0.692. The van der Waals surface area contributed by atoms with Gasteiger partial charge in [-0.15, -0.1) is 0 Å². The average molecular weight is 236 g/mol. The molecule has 0 saturated carbocycles. The number of nitrogens with zero attached hydrogens (tertiary/aromatic N) is 2. The van der Waals surface area contributed by atoms with Crippen LogP contribution in [0.25, 0.3) is 0 Å². The monoisotopic (exact) mass is 236 g/mol. The fourth-order valence-electron chi connectivity index (χ4n) is 1.68. The molecule has 0 bridgehead atoms. The van der Waals surface area contributed by atoms with Gasteiger partial charge in [0.05, 0.1) is 0 Å². The van der Waals surface area contributed by atoms with Gasteiger partial charge in [0.25, 0.3) is 0 Å². The molecule has 1 aromatic rings. The Bertz CT molecular complexity index is 325. The number of hydrogen-bond acceptors (Lipinski definition) is 4. The molecule has 0 aromatic carbocycles. The van der Waals surface area contributed by atoms with Gasteiger partial charge in [0.15, 0.2) is 0 Å². The van der Waals surface area contributed by atoms with Crippen molar-refractivity contribution in [2.75, 3.05) is 23.7 Å². The zero-order chi connectivity index (χ0) is 12.5. The van der Waals surface area contributed by atoms with Crippen molar-refractivity contribution in [1.82, 2.24) is 9.97 Å². The lowest BCUT2D eigenvalue weighted by Gasteiger charge is -2.13. The van der Waals surface area contributed by atoms with E-state index < -0.39 is 0 Å². The third-order valence-electron chi connectivity index (χ3n) is 2.66. The van der Waals surface area contributed by atoms with Gasteiger partial charge in [-0.2, -0.15) is 0 Å². The Labute approximate surface area is 104 Å². The highest BCUT2D eigenvalue weighted by Crippen LogP contribution is 2.20. The lowest BCUT2D eigenvalue weighted by Crippen LogP contribution is -2.11. The lowest BCUT2D eigenvalue weighted by atomic mass is 10.2. The molecular weight excluding hydrogens is 212 g/mol. The van der Waals surface area contributed by atoms with Crippen LogP contribution in [0.15, 0.2) is 6.33 Å². The SMILES string of the molecule is CCCCNc1ncnc(NCCC)c1CC. The highest BCUT2D eigenvalue weighted by molar-refractivity contribution is 5.57. The zero-order valence-corrected chi connectivity index (χ0v) is 11.2. The fourth-order valence-corrected chi connectivity index (χ4v) is 1.68. The predicted molar refractivity (Wildman–Crippen MR) is 73.6 cm³/mol. The summed E-state index contributed by atoms with van der Waals surface area (Å²) in [6.07, 6.45) is 6.05. The molecule has 4 heteroatoms. The Kier molecular flexibility index (Phi) is 6.37. The largest absolute Gasteiger partial charge is 0.370 e. The second-order valence-electron chi connectivity index (χ2n) is 4.11. The van der Waals surface area contributed by atoms with E-state index in [9.17, 15) is 0 Å². The minimum absolute atomic E-state index is 0.946. The second kappa shape index (κ2) is 7.87. The first kappa shape index (κ1) is 13.7. The van der Waals surface area contributed by atoms with Crippen molar-refractivity contribution < 1.29 is 0 Å². The molecule has 0 aliphatic heterocycles.